The molecule has 0 saturated carbocycles. The van der Waals surface area contributed by atoms with E-state index in [-0.39, 0.29) is 17.0 Å². The lowest BCUT2D eigenvalue weighted by molar-refractivity contribution is 0.377. The molecule has 0 aromatic carbocycles. The van der Waals surface area contributed by atoms with E-state index >= 15 is 0 Å². The summed E-state index contributed by atoms with van der Waals surface area (Å²) in [6.07, 6.45) is 8.46. The van der Waals surface area contributed by atoms with Crippen LogP contribution in [0.15, 0.2) is 17.3 Å². The third kappa shape index (κ3) is 4.19. The zero-order chi connectivity index (χ0) is 7.23. The van der Waals surface area contributed by atoms with E-state index in [9.17, 15) is 0 Å². The van der Waals surface area contributed by atoms with Crippen LogP contribution in [0.4, 0.5) is 0 Å². The SMILES string of the molecule is Br.CCCCN1C=CC=NC1. The van der Waals surface area contributed by atoms with E-state index in [1.165, 1.54) is 12.8 Å². The number of aliphatic imine (C=N–C) groups is 1. The van der Waals surface area contributed by atoms with E-state index in [2.05, 4.69) is 23.0 Å². The summed E-state index contributed by atoms with van der Waals surface area (Å²) in [6, 6.07) is 0. The molecule has 11 heavy (non-hydrogen) atoms. The highest BCUT2D eigenvalue weighted by atomic mass is 79.9. The second-order valence-corrected chi connectivity index (χ2v) is 2.48. The van der Waals surface area contributed by atoms with Crippen molar-refractivity contribution in [3.63, 3.8) is 0 Å². The van der Waals surface area contributed by atoms with Crippen LogP contribution in [0, 0.1) is 0 Å². The molecule has 0 bridgehead atoms. The van der Waals surface area contributed by atoms with Crippen molar-refractivity contribution in [3.05, 3.63) is 12.3 Å². The molecule has 0 saturated heterocycles. The Morgan fingerprint density at radius 2 is 2.36 bits per heavy atom. The highest BCUT2D eigenvalue weighted by Crippen LogP contribution is 1.98. The molecule has 0 amide bonds. The summed E-state index contributed by atoms with van der Waals surface area (Å²) in [7, 11) is 0. The second-order valence-electron chi connectivity index (χ2n) is 2.48. The summed E-state index contributed by atoms with van der Waals surface area (Å²) >= 11 is 0. The van der Waals surface area contributed by atoms with Gasteiger partial charge in [0.05, 0.1) is 0 Å². The van der Waals surface area contributed by atoms with Crippen LogP contribution in [0.3, 0.4) is 0 Å². The van der Waals surface area contributed by atoms with Gasteiger partial charge in [-0.3, -0.25) is 4.99 Å². The molecule has 1 aliphatic heterocycles. The molecule has 0 spiro atoms. The van der Waals surface area contributed by atoms with Gasteiger partial charge in [0, 0.05) is 19.0 Å². The number of hydrogen-bond donors (Lipinski definition) is 0. The Morgan fingerprint density at radius 3 is 2.91 bits per heavy atom. The second kappa shape index (κ2) is 6.40. The summed E-state index contributed by atoms with van der Waals surface area (Å²) in [5.41, 5.74) is 0. The number of allylic oxidation sites excluding steroid dienone is 1. The van der Waals surface area contributed by atoms with Gasteiger partial charge in [-0.25, -0.2) is 0 Å². The lowest BCUT2D eigenvalue weighted by atomic mass is 10.3. The molecule has 0 aromatic heterocycles. The summed E-state index contributed by atoms with van der Waals surface area (Å²) in [6.45, 7) is 4.19. The van der Waals surface area contributed by atoms with Gasteiger partial charge in [-0.1, -0.05) is 13.3 Å². The average molecular weight is 219 g/mol. The van der Waals surface area contributed by atoms with Crippen molar-refractivity contribution in [2.24, 2.45) is 4.99 Å². The molecule has 1 aliphatic rings. The van der Waals surface area contributed by atoms with E-state index < -0.39 is 0 Å². The summed E-state index contributed by atoms with van der Waals surface area (Å²) in [4.78, 5) is 6.35. The molecule has 0 radical (unpaired) electrons. The predicted molar refractivity (Wildman–Crippen MR) is 54.4 cm³/mol. The summed E-state index contributed by atoms with van der Waals surface area (Å²) < 4.78 is 0. The lowest BCUT2D eigenvalue weighted by Gasteiger charge is -2.18. The van der Waals surface area contributed by atoms with Gasteiger partial charge in [0.2, 0.25) is 0 Å². The van der Waals surface area contributed by atoms with Gasteiger partial charge in [-0.05, 0) is 12.5 Å². The van der Waals surface area contributed by atoms with Gasteiger partial charge in [0.25, 0.3) is 0 Å². The highest BCUT2D eigenvalue weighted by Gasteiger charge is 1.96. The van der Waals surface area contributed by atoms with Crippen LogP contribution in [0.25, 0.3) is 0 Å². The van der Waals surface area contributed by atoms with E-state index in [0.717, 1.165) is 13.2 Å². The Labute approximate surface area is 78.8 Å². The third-order valence-corrected chi connectivity index (χ3v) is 1.55. The lowest BCUT2D eigenvalue weighted by Crippen LogP contribution is -2.20. The Balaban J connectivity index is 0.000001000. The van der Waals surface area contributed by atoms with Crippen molar-refractivity contribution in [2.45, 2.75) is 19.8 Å². The molecule has 0 aromatic rings. The fourth-order valence-corrected chi connectivity index (χ4v) is 0.927. The molecule has 1 rings (SSSR count). The maximum Gasteiger partial charge on any atom is 0.109 e. The largest absolute Gasteiger partial charge is 0.358 e. The van der Waals surface area contributed by atoms with Gasteiger partial charge in [-0.2, -0.15) is 0 Å². The fraction of sp³-hybridized carbons (Fsp3) is 0.625. The topological polar surface area (TPSA) is 15.6 Å². The Kier molecular flexibility index (Phi) is 6.22. The van der Waals surface area contributed by atoms with Crippen LogP contribution >= 0.6 is 17.0 Å². The molecule has 1 heterocycles. The van der Waals surface area contributed by atoms with Crippen molar-refractivity contribution >= 4 is 23.2 Å². The molecule has 2 nitrogen and oxygen atoms in total. The first kappa shape index (κ1) is 10.7. The molecule has 3 heteroatoms. The Hall–Kier alpha value is -0.310. The molecular weight excluding hydrogens is 204 g/mol. The minimum Gasteiger partial charge on any atom is -0.358 e. The number of unbranched alkanes of at least 4 members (excludes halogenated alkanes) is 1. The van der Waals surface area contributed by atoms with Gasteiger partial charge >= 0.3 is 0 Å². The van der Waals surface area contributed by atoms with Crippen molar-refractivity contribution in [2.75, 3.05) is 13.2 Å². The van der Waals surface area contributed by atoms with E-state index in [4.69, 9.17) is 0 Å². The van der Waals surface area contributed by atoms with Gasteiger partial charge < -0.3 is 4.90 Å². The van der Waals surface area contributed by atoms with Crippen LogP contribution < -0.4 is 0 Å². The maximum absolute atomic E-state index is 4.13. The van der Waals surface area contributed by atoms with Gasteiger partial charge in [0.15, 0.2) is 0 Å². The summed E-state index contributed by atoms with van der Waals surface area (Å²) in [5, 5.41) is 0. The molecule has 0 aliphatic carbocycles. The zero-order valence-electron chi connectivity index (χ0n) is 6.86. The average Bonchev–Trinajstić information content (AvgIpc) is 2.03. The van der Waals surface area contributed by atoms with Crippen molar-refractivity contribution in [1.82, 2.24) is 4.90 Å². The van der Waals surface area contributed by atoms with Crippen LogP contribution in [-0.4, -0.2) is 24.3 Å². The minimum atomic E-state index is 0. The summed E-state index contributed by atoms with van der Waals surface area (Å²) in [5.74, 6) is 0. The quantitative estimate of drug-likeness (QED) is 0.710. The molecule has 0 fully saturated rings. The third-order valence-electron chi connectivity index (χ3n) is 1.55. The predicted octanol–water partition coefficient (Wildman–Crippen LogP) is 2.22. The fourth-order valence-electron chi connectivity index (χ4n) is 0.927. The molecular formula is C8H15BrN2. The molecule has 64 valence electrons. The van der Waals surface area contributed by atoms with Crippen LogP contribution in [-0.2, 0) is 0 Å². The number of rotatable bonds is 3. The van der Waals surface area contributed by atoms with Crippen molar-refractivity contribution in [3.8, 4) is 0 Å². The number of hydrogen-bond acceptors (Lipinski definition) is 2. The monoisotopic (exact) mass is 218 g/mol. The van der Waals surface area contributed by atoms with Crippen molar-refractivity contribution in [1.29, 1.82) is 0 Å². The molecule has 0 N–H and O–H groups in total. The normalized spacial score (nSPS) is 14.8. The van der Waals surface area contributed by atoms with E-state index in [0.29, 0.717) is 0 Å². The molecule has 0 atom stereocenters. The van der Waals surface area contributed by atoms with Crippen LogP contribution in [0.5, 0.6) is 0 Å². The Bertz CT molecular complexity index is 143. The maximum atomic E-state index is 4.13. The number of nitrogens with zero attached hydrogens (tertiary/aromatic N) is 2. The smallest absolute Gasteiger partial charge is 0.109 e. The molecule has 0 unspecified atom stereocenters. The minimum absolute atomic E-state index is 0. The first-order chi connectivity index (χ1) is 4.93. The highest BCUT2D eigenvalue weighted by molar-refractivity contribution is 8.93. The van der Waals surface area contributed by atoms with Crippen molar-refractivity contribution < 1.29 is 0 Å². The van der Waals surface area contributed by atoms with Crippen LogP contribution in [0.1, 0.15) is 19.8 Å². The van der Waals surface area contributed by atoms with E-state index in [1.807, 2.05) is 12.3 Å². The standard InChI is InChI=1S/C8H14N2.BrH/c1-2-3-6-10-7-4-5-9-8-10;/h4-5,7H,2-3,6,8H2,1H3;1H. The van der Waals surface area contributed by atoms with E-state index in [1.54, 1.807) is 0 Å². The number of halogens is 1. The van der Waals surface area contributed by atoms with Crippen LogP contribution in [0.2, 0.25) is 0 Å². The first-order valence-corrected chi connectivity index (χ1v) is 3.84. The Morgan fingerprint density at radius 1 is 1.55 bits per heavy atom. The van der Waals surface area contributed by atoms with Gasteiger partial charge in [-0.15, -0.1) is 17.0 Å². The zero-order valence-corrected chi connectivity index (χ0v) is 8.58. The van der Waals surface area contributed by atoms with Gasteiger partial charge in [0.1, 0.15) is 6.67 Å². The first-order valence-electron chi connectivity index (χ1n) is 3.84.